The molecule has 0 N–H and O–H groups in total. The van der Waals surface area contributed by atoms with Crippen molar-refractivity contribution in [3.8, 4) is 0 Å². The summed E-state index contributed by atoms with van der Waals surface area (Å²) in [6.45, 7) is 4.41. The van der Waals surface area contributed by atoms with Crippen molar-refractivity contribution < 1.29 is 9.32 Å². The van der Waals surface area contributed by atoms with Crippen molar-refractivity contribution in [2.24, 2.45) is 5.92 Å². The number of hydrogen-bond acceptors (Lipinski definition) is 4. The highest BCUT2D eigenvalue weighted by molar-refractivity contribution is 9.10. The number of aromatic nitrogens is 1. The van der Waals surface area contributed by atoms with Crippen molar-refractivity contribution in [3.05, 3.63) is 51.3 Å². The molecule has 1 aromatic heterocycles. The zero-order chi connectivity index (χ0) is 16.4. The quantitative estimate of drug-likeness (QED) is 0.587. The van der Waals surface area contributed by atoms with Gasteiger partial charge in [-0.3, -0.25) is 4.79 Å². The normalized spacial score (nSPS) is 14.4. The Morgan fingerprint density at radius 1 is 1.39 bits per heavy atom. The number of benzene rings is 1. The van der Waals surface area contributed by atoms with Crippen molar-refractivity contribution in [3.63, 3.8) is 0 Å². The summed E-state index contributed by atoms with van der Waals surface area (Å²) < 4.78 is 6.08. The highest BCUT2D eigenvalue weighted by Gasteiger charge is 2.32. The van der Waals surface area contributed by atoms with Crippen LogP contribution in [0.1, 0.15) is 59.8 Å². The van der Waals surface area contributed by atoms with E-state index in [-0.39, 0.29) is 5.78 Å². The van der Waals surface area contributed by atoms with Crippen LogP contribution in [-0.2, 0) is 5.75 Å². The summed E-state index contributed by atoms with van der Waals surface area (Å²) in [5, 5.41) is 4.05. The Balaban J connectivity index is 1.85. The Hall–Kier alpha value is -1.07. The van der Waals surface area contributed by atoms with Gasteiger partial charge in [0.15, 0.2) is 5.78 Å². The molecule has 5 heteroatoms. The Kier molecular flexibility index (Phi) is 5.27. The Bertz CT molecular complexity index is 707. The standard InChI is InChI=1S/C18H20BrNO2S/c1-11(2)9-23-10-13-7-14(19)5-6-15(13)18(21)16-8-22-20-17(16)12-3-4-12/h5-8,11-12H,3-4,9-10H2,1-2H3. The lowest BCUT2D eigenvalue weighted by Gasteiger charge is -2.10. The van der Waals surface area contributed by atoms with Gasteiger partial charge in [0.2, 0.25) is 0 Å². The fourth-order valence-electron chi connectivity index (χ4n) is 2.52. The first kappa shape index (κ1) is 16.8. The van der Waals surface area contributed by atoms with Gasteiger partial charge in [-0.2, -0.15) is 11.8 Å². The van der Waals surface area contributed by atoms with E-state index in [1.54, 1.807) is 0 Å². The second kappa shape index (κ2) is 7.22. The summed E-state index contributed by atoms with van der Waals surface area (Å²) in [6, 6.07) is 5.88. The van der Waals surface area contributed by atoms with Gasteiger partial charge in [0.05, 0.1) is 11.3 Å². The predicted molar refractivity (Wildman–Crippen MR) is 97.1 cm³/mol. The topological polar surface area (TPSA) is 43.1 Å². The highest BCUT2D eigenvalue weighted by Crippen LogP contribution is 2.41. The number of nitrogens with zero attached hydrogens (tertiary/aromatic N) is 1. The molecule has 1 aliphatic rings. The average molecular weight is 394 g/mol. The molecule has 0 amide bonds. The van der Waals surface area contributed by atoms with E-state index in [9.17, 15) is 4.79 Å². The van der Waals surface area contributed by atoms with Gasteiger partial charge in [0.1, 0.15) is 6.26 Å². The maximum Gasteiger partial charge on any atom is 0.198 e. The van der Waals surface area contributed by atoms with E-state index in [0.717, 1.165) is 45.6 Å². The van der Waals surface area contributed by atoms with Crippen LogP contribution in [0.25, 0.3) is 0 Å². The molecule has 1 fully saturated rings. The van der Waals surface area contributed by atoms with Gasteiger partial charge in [-0.15, -0.1) is 0 Å². The highest BCUT2D eigenvalue weighted by atomic mass is 79.9. The van der Waals surface area contributed by atoms with Gasteiger partial charge < -0.3 is 4.52 Å². The zero-order valence-electron chi connectivity index (χ0n) is 13.3. The second-order valence-corrected chi connectivity index (χ2v) is 8.37. The van der Waals surface area contributed by atoms with Crippen LogP contribution >= 0.6 is 27.7 Å². The number of halogens is 1. The van der Waals surface area contributed by atoms with Crippen LogP contribution in [-0.4, -0.2) is 16.7 Å². The van der Waals surface area contributed by atoms with E-state index >= 15 is 0 Å². The lowest BCUT2D eigenvalue weighted by molar-refractivity contribution is 0.103. The Morgan fingerprint density at radius 3 is 2.87 bits per heavy atom. The molecule has 0 aliphatic heterocycles. The Labute approximate surface area is 149 Å². The van der Waals surface area contributed by atoms with E-state index in [0.29, 0.717) is 17.4 Å². The van der Waals surface area contributed by atoms with Crippen LogP contribution in [0.15, 0.2) is 33.5 Å². The number of carbonyl (C=O) groups is 1. The zero-order valence-corrected chi connectivity index (χ0v) is 15.7. The van der Waals surface area contributed by atoms with Crippen LogP contribution in [0.4, 0.5) is 0 Å². The third-order valence-electron chi connectivity index (χ3n) is 3.83. The first-order valence-corrected chi connectivity index (χ1v) is 9.86. The third-order valence-corrected chi connectivity index (χ3v) is 5.74. The van der Waals surface area contributed by atoms with Crippen LogP contribution in [0.5, 0.6) is 0 Å². The number of rotatable bonds is 7. The van der Waals surface area contributed by atoms with Crippen molar-refractivity contribution in [2.75, 3.05) is 5.75 Å². The minimum absolute atomic E-state index is 0.0285. The van der Waals surface area contributed by atoms with Crippen molar-refractivity contribution in [1.29, 1.82) is 0 Å². The van der Waals surface area contributed by atoms with Gasteiger partial charge in [-0.05, 0) is 48.3 Å². The van der Waals surface area contributed by atoms with Gasteiger partial charge in [0, 0.05) is 21.7 Å². The van der Waals surface area contributed by atoms with Crippen molar-refractivity contribution >= 4 is 33.5 Å². The van der Waals surface area contributed by atoms with Crippen molar-refractivity contribution in [1.82, 2.24) is 5.16 Å². The van der Waals surface area contributed by atoms with Gasteiger partial charge in [-0.25, -0.2) is 0 Å². The smallest absolute Gasteiger partial charge is 0.198 e. The average Bonchev–Trinajstić information content (AvgIpc) is 3.23. The summed E-state index contributed by atoms with van der Waals surface area (Å²) >= 11 is 5.37. The maximum absolute atomic E-state index is 13.0. The molecule has 1 saturated carbocycles. The number of ketones is 1. The molecule has 23 heavy (non-hydrogen) atoms. The molecule has 1 aliphatic carbocycles. The molecule has 0 radical (unpaired) electrons. The minimum atomic E-state index is 0.0285. The summed E-state index contributed by atoms with van der Waals surface area (Å²) in [4.78, 5) is 13.0. The number of hydrogen-bond donors (Lipinski definition) is 0. The number of carbonyl (C=O) groups excluding carboxylic acids is 1. The van der Waals surface area contributed by atoms with Crippen LogP contribution in [0.3, 0.4) is 0 Å². The molecule has 3 nitrogen and oxygen atoms in total. The summed E-state index contributed by atoms with van der Waals surface area (Å²) in [5.41, 5.74) is 3.29. The largest absolute Gasteiger partial charge is 0.364 e. The molecule has 2 aromatic rings. The molecule has 122 valence electrons. The predicted octanol–water partition coefficient (Wildman–Crippen LogP) is 5.43. The fraction of sp³-hybridized carbons (Fsp3) is 0.444. The second-order valence-electron chi connectivity index (χ2n) is 6.43. The number of thioether (sulfide) groups is 1. The molecule has 3 rings (SSSR count). The summed E-state index contributed by atoms with van der Waals surface area (Å²) in [7, 11) is 0. The molecule has 1 heterocycles. The van der Waals surface area contributed by atoms with E-state index in [4.69, 9.17) is 4.52 Å². The summed E-state index contributed by atoms with van der Waals surface area (Å²) in [5.74, 6) is 3.00. The first-order valence-electron chi connectivity index (χ1n) is 7.91. The lowest BCUT2D eigenvalue weighted by Crippen LogP contribution is -2.07. The van der Waals surface area contributed by atoms with Crippen LogP contribution in [0, 0.1) is 5.92 Å². The lowest BCUT2D eigenvalue weighted by atomic mass is 9.98. The van der Waals surface area contributed by atoms with Gasteiger partial charge in [0.25, 0.3) is 0 Å². The van der Waals surface area contributed by atoms with Gasteiger partial charge >= 0.3 is 0 Å². The van der Waals surface area contributed by atoms with Gasteiger partial charge in [-0.1, -0.05) is 34.9 Å². The van der Waals surface area contributed by atoms with E-state index in [1.807, 2.05) is 30.0 Å². The minimum Gasteiger partial charge on any atom is -0.364 e. The van der Waals surface area contributed by atoms with E-state index in [2.05, 4.69) is 34.9 Å². The van der Waals surface area contributed by atoms with Crippen LogP contribution in [0.2, 0.25) is 0 Å². The maximum atomic E-state index is 13.0. The van der Waals surface area contributed by atoms with E-state index < -0.39 is 0 Å². The molecule has 0 spiro atoms. The molecule has 0 unspecified atom stereocenters. The van der Waals surface area contributed by atoms with E-state index in [1.165, 1.54) is 6.26 Å². The van der Waals surface area contributed by atoms with Crippen LogP contribution < -0.4 is 0 Å². The molecular weight excluding hydrogens is 374 g/mol. The molecule has 0 atom stereocenters. The molecule has 0 saturated heterocycles. The molecular formula is C18H20BrNO2S. The summed E-state index contributed by atoms with van der Waals surface area (Å²) in [6.07, 6.45) is 3.71. The fourth-order valence-corrected chi connectivity index (χ4v) is 3.98. The monoisotopic (exact) mass is 393 g/mol. The molecule has 0 bridgehead atoms. The first-order chi connectivity index (χ1) is 11.1. The van der Waals surface area contributed by atoms with Crippen molar-refractivity contribution in [2.45, 2.75) is 38.4 Å². The Morgan fingerprint density at radius 2 is 2.17 bits per heavy atom. The molecule has 1 aromatic carbocycles. The third kappa shape index (κ3) is 4.07. The SMILES string of the molecule is CC(C)CSCc1cc(Br)ccc1C(=O)c1conc1C1CC1.